The molecule has 1 atom stereocenters. The SMILES string of the molecule is Cc1cc(C)n(-c2ccc(C(=O)NC3CCCN(c4ncccn4)C3)cc2)n1. The first-order valence-corrected chi connectivity index (χ1v) is 9.57. The fourth-order valence-electron chi connectivity index (χ4n) is 3.64. The first-order valence-electron chi connectivity index (χ1n) is 9.57. The van der Waals surface area contributed by atoms with E-state index in [2.05, 4.69) is 25.3 Å². The van der Waals surface area contributed by atoms with Gasteiger partial charge < -0.3 is 10.2 Å². The van der Waals surface area contributed by atoms with Crippen LogP contribution in [0.3, 0.4) is 0 Å². The highest BCUT2D eigenvalue weighted by Crippen LogP contribution is 2.17. The third-order valence-corrected chi connectivity index (χ3v) is 4.98. The molecule has 0 bridgehead atoms. The van der Waals surface area contributed by atoms with Gasteiger partial charge in [-0.25, -0.2) is 14.6 Å². The molecule has 3 aromatic rings. The highest BCUT2D eigenvalue weighted by atomic mass is 16.1. The molecule has 1 N–H and O–H groups in total. The van der Waals surface area contributed by atoms with Crippen LogP contribution in [0, 0.1) is 13.8 Å². The van der Waals surface area contributed by atoms with Crippen LogP contribution >= 0.6 is 0 Å². The third-order valence-electron chi connectivity index (χ3n) is 4.98. The summed E-state index contributed by atoms with van der Waals surface area (Å²) in [5, 5.41) is 7.64. The average molecular weight is 376 g/mol. The molecule has 7 nitrogen and oxygen atoms in total. The molecule has 1 saturated heterocycles. The minimum atomic E-state index is -0.0549. The number of nitrogens with one attached hydrogen (secondary N) is 1. The second-order valence-electron chi connectivity index (χ2n) is 7.19. The molecule has 144 valence electrons. The van der Waals surface area contributed by atoms with Gasteiger partial charge in [-0.3, -0.25) is 4.79 Å². The fourth-order valence-corrected chi connectivity index (χ4v) is 3.64. The maximum atomic E-state index is 12.7. The van der Waals surface area contributed by atoms with Crippen molar-refractivity contribution in [1.29, 1.82) is 0 Å². The van der Waals surface area contributed by atoms with Crippen LogP contribution in [0.4, 0.5) is 5.95 Å². The summed E-state index contributed by atoms with van der Waals surface area (Å²) in [5.74, 6) is 0.663. The number of carbonyl (C=O) groups excluding carboxylic acids is 1. The van der Waals surface area contributed by atoms with Crippen LogP contribution in [0.5, 0.6) is 0 Å². The van der Waals surface area contributed by atoms with Crippen LogP contribution in [0.2, 0.25) is 0 Å². The number of hydrogen-bond donors (Lipinski definition) is 1. The molecule has 3 heterocycles. The third kappa shape index (κ3) is 3.88. The summed E-state index contributed by atoms with van der Waals surface area (Å²) in [6.45, 7) is 5.62. The van der Waals surface area contributed by atoms with Crippen LogP contribution in [0.15, 0.2) is 48.8 Å². The van der Waals surface area contributed by atoms with E-state index in [9.17, 15) is 4.79 Å². The lowest BCUT2D eigenvalue weighted by molar-refractivity contribution is 0.0933. The van der Waals surface area contributed by atoms with E-state index in [0.717, 1.165) is 49.0 Å². The van der Waals surface area contributed by atoms with Crippen molar-refractivity contribution in [1.82, 2.24) is 25.1 Å². The monoisotopic (exact) mass is 376 g/mol. The Morgan fingerprint density at radius 1 is 1.14 bits per heavy atom. The standard InChI is InChI=1S/C21H24N6O/c1-15-13-16(2)27(25-15)19-8-6-17(7-9-19)20(28)24-18-5-3-12-26(14-18)21-22-10-4-11-23-21/h4,6-11,13,18H,3,5,12,14H2,1-2H3,(H,24,28). The molecule has 0 saturated carbocycles. The van der Waals surface area contributed by atoms with E-state index in [1.165, 1.54) is 0 Å². The number of anilines is 1. The zero-order valence-electron chi connectivity index (χ0n) is 16.2. The first kappa shape index (κ1) is 18.2. The Labute approximate surface area is 164 Å². The molecule has 1 aliphatic rings. The second-order valence-corrected chi connectivity index (χ2v) is 7.19. The van der Waals surface area contributed by atoms with Crippen LogP contribution in [-0.2, 0) is 0 Å². The van der Waals surface area contributed by atoms with Crippen molar-refractivity contribution in [2.45, 2.75) is 32.7 Å². The van der Waals surface area contributed by atoms with E-state index < -0.39 is 0 Å². The molecule has 0 aliphatic carbocycles. The summed E-state index contributed by atoms with van der Waals surface area (Å²) in [7, 11) is 0. The smallest absolute Gasteiger partial charge is 0.251 e. The molecule has 1 amide bonds. The molecule has 7 heteroatoms. The van der Waals surface area contributed by atoms with Crippen molar-refractivity contribution in [3.05, 3.63) is 65.7 Å². The van der Waals surface area contributed by atoms with Gasteiger partial charge in [0.05, 0.1) is 11.4 Å². The molecule has 4 rings (SSSR count). The van der Waals surface area contributed by atoms with Gasteiger partial charge >= 0.3 is 0 Å². The van der Waals surface area contributed by atoms with Crippen molar-refractivity contribution in [2.24, 2.45) is 0 Å². The van der Waals surface area contributed by atoms with E-state index in [1.54, 1.807) is 12.4 Å². The normalized spacial score (nSPS) is 16.8. The van der Waals surface area contributed by atoms with E-state index in [0.29, 0.717) is 5.56 Å². The Morgan fingerprint density at radius 3 is 2.57 bits per heavy atom. The predicted molar refractivity (Wildman–Crippen MR) is 108 cm³/mol. The van der Waals surface area contributed by atoms with Gasteiger partial charge in [-0.15, -0.1) is 0 Å². The summed E-state index contributed by atoms with van der Waals surface area (Å²) >= 11 is 0. The number of benzene rings is 1. The summed E-state index contributed by atoms with van der Waals surface area (Å²) in [5.41, 5.74) is 3.65. The second kappa shape index (κ2) is 7.80. The Bertz CT molecular complexity index is 951. The lowest BCUT2D eigenvalue weighted by atomic mass is 10.1. The van der Waals surface area contributed by atoms with Crippen LogP contribution in [0.1, 0.15) is 34.6 Å². The molecule has 0 spiro atoms. The highest BCUT2D eigenvalue weighted by molar-refractivity contribution is 5.94. The summed E-state index contributed by atoms with van der Waals surface area (Å²) in [6.07, 6.45) is 5.45. The number of nitrogens with zero attached hydrogens (tertiary/aromatic N) is 5. The Morgan fingerprint density at radius 2 is 1.89 bits per heavy atom. The average Bonchev–Trinajstić information content (AvgIpc) is 3.07. The summed E-state index contributed by atoms with van der Waals surface area (Å²) in [6, 6.07) is 11.5. The molecular formula is C21H24N6O. The number of aryl methyl sites for hydroxylation is 2. The maximum Gasteiger partial charge on any atom is 0.251 e. The number of piperidine rings is 1. The van der Waals surface area contributed by atoms with E-state index >= 15 is 0 Å². The molecule has 1 aliphatic heterocycles. The van der Waals surface area contributed by atoms with Gasteiger partial charge in [0.1, 0.15) is 0 Å². The largest absolute Gasteiger partial charge is 0.348 e. The Hall–Kier alpha value is -3.22. The van der Waals surface area contributed by atoms with Gasteiger partial charge in [-0.05, 0) is 63.1 Å². The molecule has 1 aromatic carbocycles. The molecule has 1 unspecified atom stereocenters. The number of carbonyl (C=O) groups is 1. The van der Waals surface area contributed by atoms with Crippen LogP contribution in [0.25, 0.3) is 5.69 Å². The van der Waals surface area contributed by atoms with Gasteiger partial charge in [0.15, 0.2) is 0 Å². The molecule has 1 fully saturated rings. The number of amides is 1. The summed E-state index contributed by atoms with van der Waals surface area (Å²) in [4.78, 5) is 23.4. The zero-order chi connectivity index (χ0) is 19.5. The minimum Gasteiger partial charge on any atom is -0.348 e. The molecule has 0 radical (unpaired) electrons. The zero-order valence-corrected chi connectivity index (χ0v) is 16.2. The quantitative estimate of drug-likeness (QED) is 0.758. The highest BCUT2D eigenvalue weighted by Gasteiger charge is 2.23. The van der Waals surface area contributed by atoms with Gasteiger partial charge in [-0.1, -0.05) is 0 Å². The molecule has 28 heavy (non-hydrogen) atoms. The maximum absolute atomic E-state index is 12.7. The Kier molecular flexibility index (Phi) is 5.06. The van der Waals surface area contributed by atoms with Crippen LogP contribution in [-0.4, -0.2) is 44.8 Å². The van der Waals surface area contributed by atoms with E-state index in [-0.39, 0.29) is 11.9 Å². The summed E-state index contributed by atoms with van der Waals surface area (Å²) < 4.78 is 1.88. The van der Waals surface area contributed by atoms with Gasteiger partial charge in [0.25, 0.3) is 5.91 Å². The van der Waals surface area contributed by atoms with Crippen molar-refractivity contribution in [2.75, 3.05) is 18.0 Å². The van der Waals surface area contributed by atoms with Crippen LogP contribution < -0.4 is 10.2 Å². The van der Waals surface area contributed by atoms with Crippen molar-refractivity contribution >= 4 is 11.9 Å². The van der Waals surface area contributed by atoms with Crippen molar-refractivity contribution in [3.63, 3.8) is 0 Å². The van der Waals surface area contributed by atoms with Crippen molar-refractivity contribution < 1.29 is 4.79 Å². The van der Waals surface area contributed by atoms with E-state index in [4.69, 9.17) is 0 Å². The van der Waals surface area contributed by atoms with Crippen molar-refractivity contribution in [3.8, 4) is 5.69 Å². The van der Waals surface area contributed by atoms with Gasteiger partial charge in [0, 0.05) is 42.8 Å². The Balaban J connectivity index is 1.41. The predicted octanol–water partition coefficient (Wildman–Crippen LogP) is 2.68. The first-order chi connectivity index (χ1) is 13.6. The molecular weight excluding hydrogens is 352 g/mol. The fraction of sp³-hybridized carbons (Fsp3) is 0.333. The van der Waals surface area contributed by atoms with E-state index in [1.807, 2.05) is 54.9 Å². The van der Waals surface area contributed by atoms with Gasteiger partial charge in [-0.2, -0.15) is 5.10 Å². The lowest BCUT2D eigenvalue weighted by Gasteiger charge is -2.33. The topological polar surface area (TPSA) is 75.9 Å². The van der Waals surface area contributed by atoms with Gasteiger partial charge in [0.2, 0.25) is 5.95 Å². The number of aromatic nitrogens is 4. The molecule has 2 aromatic heterocycles. The lowest BCUT2D eigenvalue weighted by Crippen LogP contribution is -2.48. The minimum absolute atomic E-state index is 0.0549. The number of rotatable bonds is 4. The number of hydrogen-bond acceptors (Lipinski definition) is 5.